The Labute approximate surface area is 105 Å². The van der Waals surface area contributed by atoms with E-state index in [1.807, 2.05) is 7.05 Å². The van der Waals surface area contributed by atoms with Crippen LogP contribution in [0.4, 0.5) is 0 Å². The molecule has 0 bridgehead atoms. The lowest BCUT2D eigenvalue weighted by molar-refractivity contribution is -0.122. The molecular formula is C11H24ClN3O. The van der Waals surface area contributed by atoms with Crippen molar-refractivity contribution >= 4 is 18.3 Å². The van der Waals surface area contributed by atoms with Crippen LogP contribution < -0.4 is 10.6 Å². The highest BCUT2D eigenvalue weighted by molar-refractivity contribution is 5.85. The topological polar surface area (TPSA) is 44.4 Å². The van der Waals surface area contributed by atoms with Crippen LogP contribution in [0.2, 0.25) is 0 Å². The average molecular weight is 250 g/mol. The fraction of sp³-hybridized carbons (Fsp3) is 0.909. The largest absolute Gasteiger partial charge is 0.355 e. The first kappa shape index (κ1) is 15.7. The summed E-state index contributed by atoms with van der Waals surface area (Å²) in [5, 5.41) is 6.19. The van der Waals surface area contributed by atoms with Gasteiger partial charge in [0.25, 0.3) is 0 Å². The van der Waals surface area contributed by atoms with Crippen molar-refractivity contribution < 1.29 is 4.79 Å². The summed E-state index contributed by atoms with van der Waals surface area (Å²) in [5.41, 5.74) is 0. The molecule has 1 atom stereocenters. The van der Waals surface area contributed by atoms with Crippen LogP contribution in [0.1, 0.15) is 26.2 Å². The van der Waals surface area contributed by atoms with Crippen molar-refractivity contribution in [3.8, 4) is 0 Å². The first-order chi connectivity index (χ1) is 7.26. The molecule has 1 aliphatic rings. The third-order valence-electron chi connectivity index (χ3n) is 2.85. The maximum Gasteiger partial charge on any atom is 0.234 e. The lowest BCUT2D eigenvalue weighted by Gasteiger charge is -2.31. The van der Waals surface area contributed by atoms with Gasteiger partial charge < -0.3 is 10.6 Å². The highest BCUT2D eigenvalue weighted by atomic mass is 35.5. The van der Waals surface area contributed by atoms with Crippen molar-refractivity contribution in [1.29, 1.82) is 0 Å². The van der Waals surface area contributed by atoms with Gasteiger partial charge in [-0.3, -0.25) is 9.69 Å². The van der Waals surface area contributed by atoms with Crippen LogP contribution in [0.5, 0.6) is 0 Å². The van der Waals surface area contributed by atoms with Gasteiger partial charge in [0.15, 0.2) is 0 Å². The monoisotopic (exact) mass is 249 g/mol. The number of piperidine rings is 1. The summed E-state index contributed by atoms with van der Waals surface area (Å²) in [6.07, 6.45) is 3.42. The Hall–Kier alpha value is -0.320. The molecule has 0 aliphatic carbocycles. The van der Waals surface area contributed by atoms with Crippen LogP contribution in [0.15, 0.2) is 0 Å². The molecule has 1 saturated heterocycles. The number of carbonyl (C=O) groups excluding carboxylic acids is 1. The highest BCUT2D eigenvalue weighted by Gasteiger charge is 2.19. The molecule has 16 heavy (non-hydrogen) atoms. The summed E-state index contributed by atoms with van der Waals surface area (Å²) in [6.45, 7) is 5.46. The normalized spacial score (nSPS) is 21.2. The fourth-order valence-electron chi connectivity index (χ4n) is 1.96. The molecule has 0 spiro atoms. The van der Waals surface area contributed by atoms with Gasteiger partial charge in [-0.25, -0.2) is 0 Å². The fourth-order valence-corrected chi connectivity index (χ4v) is 1.96. The highest BCUT2D eigenvalue weighted by Crippen LogP contribution is 2.08. The molecule has 0 saturated carbocycles. The van der Waals surface area contributed by atoms with E-state index >= 15 is 0 Å². The first-order valence-electron chi connectivity index (χ1n) is 5.92. The summed E-state index contributed by atoms with van der Waals surface area (Å²) in [7, 11) is 1.99. The van der Waals surface area contributed by atoms with E-state index in [1.165, 1.54) is 12.8 Å². The number of hydrogen-bond donors (Lipinski definition) is 2. The van der Waals surface area contributed by atoms with Gasteiger partial charge >= 0.3 is 0 Å². The van der Waals surface area contributed by atoms with Crippen LogP contribution in [-0.2, 0) is 4.79 Å². The molecule has 1 fully saturated rings. The predicted octanol–water partition coefficient (Wildman–Crippen LogP) is 0.618. The van der Waals surface area contributed by atoms with Gasteiger partial charge in [-0.15, -0.1) is 12.4 Å². The molecule has 2 N–H and O–H groups in total. The molecule has 0 aromatic heterocycles. The van der Waals surface area contributed by atoms with Crippen LogP contribution in [-0.4, -0.2) is 50.1 Å². The number of nitrogens with zero attached hydrogens (tertiary/aromatic N) is 1. The van der Waals surface area contributed by atoms with Gasteiger partial charge in [0, 0.05) is 19.1 Å². The Morgan fingerprint density at radius 1 is 1.50 bits per heavy atom. The first-order valence-corrected chi connectivity index (χ1v) is 5.92. The summed E-state index contributed by atoms with van der Waals surface area (Å²) < 4.78 is 0. The van der Waals surface area contributed by atoms with E-state index in [4.69, 9.17) is 0 Å². The minimum atomic E-state index is 0. The van der Waals surface area contributed by atoms with Crippen molar-refractivity contribution in [3.05, 3.63) is 0 Å². The van der Waals surface area contributed by atoms with E-state index in [0.29, 0.717) is 12.6 Å². The molecular weight excluding hydrogens is 226 g/mol. The predicted molar refractivity (Wildman–Crippen MR) is 69.1 cm³/mol. The third kappa shape index (κ3) is 5.68. The zero-order valence-electron chi connectivity index (χ0n) is 10.3. The van der Waals surface area contributed by atoms with E-state index in [2.05, 4.69) is 22.5 Å². The second-order valence-corrected chi connectivity index (χ2v) is 4.21. The zero-order chi connectivity index (χ0) is 11.1. The van der Waals surface area contributed by atoms with Crippen LogP contribution in [0.3, 0.4) is 0 Å². The lowest BCUT2D eigenvalue weighted by Crippen LogP contribution is -2.48. The summed E-state index contributed by atoms with van der Waals surface area (Å²) >= 11 is 0. The van der Waals surface area contributed by atoms with Crippen LogP contribution in [0, 0.1) is 0 Å². The van der Waals surface area contributed by atoms with Crippen LogP contribution >= 0.6 is 12.4 Å². The number of likely N-dealkylation sites (N-methyl/N-ethyl adjacent to an activating group) is 1. The maximum absolute atomic E-state index is 11.5. The quantitative estimate of drug-likeness (QED) is 0.751. The van der Waals surface area contributed by atoms with Crippen molar-refractivity contribution in [2.75, 3.05) is 33.2 Å². The molecule has 4 nitrogen and oxygen atoms in total. The number of likely N-dealkylation sites (tertiary alicyclic amines) is 1. The molecule has 5 heteroatoms. The Morgan fingerprint density at radius 3 is 2.88 bits per heavy atom. The minimum Gasteiger partial charge on any atom is -0.355 e. The van der Waals surface area contributed by atoms with Gasteiger partial charge in [-0.2, -0.15) is 0 Å². The van der Waals surface area contributed by atoms with E-state index in [9.17, 15) is 4.79 Å². The van der Waals surface area contributed by atoms with Crippen LogP contribution in [0.25, 0.3) is 0 Å². The maximum atomic E-state index is 11.5. The van der Waals surface area contributed by atoms with E-state index in [0.717, 1.165) is 26.1 Å². The van der Waals surface area contributed by atoms with Crippen molar-refractivity contribution in [3.63, 3.8) is 0 Å². The van der Waals surface area contributed by atoms with E-state index in [1.54, 1.807) is 0 Å². The van der Waals surface area contributed by atoms with E-state index in [-0.39, 0.29) is 18.3 Å². The number of hydrogen-bond acceptors (Lipinski definition) is 3. The second-order valence-electron chi connectivity index (χ2n) is 4.21. The Kier molecular flexibility index (Phi) is 8.61. The number of amides is 1. The number of halogens is 1. The molecule has 0 aromatic carbocycles. The molecule has 1 rings (SSSR count). The molecule has 96 valence electrons. The molecule has 1 amide bonds. The zero-order valence-corrected chi connectivity index (χ0v) is 11.1. The molecule has 1 aliphatic heterocycles. The second kappa shape index (κ2) is 8.79. The lowest BCUT2D eigenvalue weighted by atomic mass is 10.1. The SMILES string of the molecule is CCCNC(=O)CN1CCCC(NC)C1.Cl. The van der Waals surface area contributed by atoms with E-state index < -0.39 is 0 Å². The number of nitrogens with one attached hydrogen (secondary N) is 2. The molecule has 0 radical (unpaired) electrons. The van der Waals surface area contributed by atoms with Gasteiger partial charge in [-0.1, -0.05) is 6.92 Å². The summed E-state index contributed by atoms with van der Waals surface area (Å²) in [6, 6.07) is 0.553. The van der Waals surface area contributed by atoms with Gasteiger partial charge in [0.05, 0.1) is 6.54 Å². The summed E-state index contributed by atoms with van der Waals surface area (Å²) in [5.74, 6) is 0.161. The van der Waals surface area contributed by atoms with Crippen molar-refractivity contribution in [1.82, 2.24) is 15.5 Å². The molecule has 1 heterocycles. The summed E-state index contributed by atoms with van der Waals surface area (Å²) in [4.78, 5) is 13.7. The smallest absolute Gasteiger partial charge is 0.234 e. The Morgan fingerprint density at radius 2 is 2.25 bits per heavy atom. The third-order valence-corrected chi connectivity index (χ3v) is 2.85. The Bertz CT molecular complexity index is 202. The number of rotatable bonds is 5. The average Bonchev–Trinajstić information content (AvgIpc) is 2.26. The minimum absolute atomic E-state index is 0. The standard InChI is InChI=1S/C11H23N3O.ClH/c1-3-6-13-11(15)9-14-7-4-5-10(8-14)12-2;/h10,12H,3-9H2,1-2H3,(H,13,15);1H. The van der Waals surface area contributed by atoms with Gasteiger partial charge in [0.1, 0.15) is 0 Å². The Balaban J connectivity index is 0.00000225. The van der Waals surface area contributed by atoms with Crippen molar-refractivity contribution in [2.24, 2.45) is 0 Å². The molecule has 1 unspecified atom stereocenters. The molecule has 0 aromatic rings. The van der Waals surface area contributed by atoms with Gasteiger partial charge in [-0.05, 0) is 32.9 Å². The van der Waals surface area contributed by atoms with Gasteiger partial charge in [0.2, 0.25) is 5.91 Å². The number of carbonyl (C=O) groups is 1. The van der Waals surface area contributed by atoms with Crippen molar-refractivity contribution in [2.45, 2.75) is 32.2 Å².